The van der Waals surface area contributed by atoms with Crippen LogP contribution in [0.2, 0.25) is 0 Å². The molecular formula is C25H26N2O5. The summed E-state index contributed by atoms with van der Waals surface area (Å²) in [4.78, 5) is 32.1. The average Bonchev–Trinajstić information content (AvgIpc) is 2.81. The molecule has 1 amide bonds. The molecule has 1 aliphatic heterocycles. The predicted molar refractivity (Wildman–Crippen MR) is 121 cm³/mol. The number of hydrogen-bond donors (Lipinski definition) is 0. The number of ether oxygens (including phenoxy) is 3. The van der Waals surface area contributed by atoms with Gasteiger partial charge in [-0.1, -0.05) is 30.3 Å². The van der Waals surface area contributed by atoms with Gasteiger partial charge in [-0.05, 0) is 38.1 Å². The van der Waals surface area contributed by atoms with Crippen LogP contribution in [0.3, 0.4) is 0 Å². The summed E-state index contributed by atoms with van der Waals surface area (Å²) < 4.78 is 16.4. The Morgan fingerprint density at radius 2 is 1.78 bits per heavy atom. The fraction of sp³-hybridized carbons (Fsp3) is 0.320. The summed E-state index contributed by atoms with van der Waals surface area (Å²) in [6.07, 6.45) is -0.105. The zero-order chi connectivity index (χ0) is 22.7. The predicted octanol–water partition coefficient (Wildman–Crippen LogP) is 3.70. The Morgan fingerprint density at radius 3 is 2.47 bits per heavy atom. The van der Waals surface area contributed by atoms with E-state index in [9.17, 15) is 9.59 Å². The smallest absolute Gasteiger partial charge is 0.339 e. The van der Waals surface area contributed by atoms with Gasteiger partial charge in [0.2, 0.25) is 0 Å². The molecule has 0 saturated carbocycles. The van der Waals surface area contributed by atoms with Crippen LogP contribution in [-0.2, 0) is 14.3 Å². The van der Waals surface area contributed by atoms with Crippen LogP contribution in [0.1, 0.15) is 24.2 Å². The number of benzene rings is 2. The first-order chi connectivity index (χ1) is 15.4. The number of hydrogen-bond acceptors (Lipinski definition) is 6. The molecule has 0 radical (unpaired) electrons. The summed E-state index contributed by atoms with van der Waals surface area (Å²) in [6.45, 7) is 4.47. The summed E-state index contributed by atoms with van der Waals surface area (Å²) in [5.74, 6) is -0.210. The lowest BCUT2D eigenvalue weighted by atomic mass is 10.0. The number of carbonyl (C=O) groups excluding carboxylic acids is 2. The Hall–Kier alpha value is -3.45. The van der Waals surface area contributed by atoms with Crippen molar-refractivity contribution >= 4 is 22.8 Å². The lowest BCUT2D eigenvalue weighted by molar-refractivity contribution is -0.146. The van der Waals surface area contributed by atoms with Gasteiger partial charge in [-0.15, -0.1) is 0 Å². The van der Waals surface area contributed by atoms with Crippen LogP contribution in [-0.4, -0.2) is 60.8 Å². The van der Waals surface area contributed by atoms with E-state index in [0.29, 0.717) is 41.0 Å². The van der Waals surface area contributed by atoms with Gasteiger partial charge in [0.05, 0.1) is 36.1 Å². The minimum atomic E-state index is -0.578. The molecule has 2 heterocycles. The fourth-order valence-electron chi connectivity index (χ4n) is 3.94. The summed E-state index contributed by atoms with van der Waals surface area (Å²) >= 11 is 0. The molecule has 0 N–H and O–H groups in total. The first-order valence-electron chi connectivity index (χ1n) is 10.6. The maximum atomic E-state index is 13.1. The number of esters is 1. The Morgan fingerprint density at radius 1 is 1.06 bits per heavy atom. The van der Waals surface area contributed by atoms with E-state index >= 15 is 0 Å². The third-order valence-electron chi connectivity index (χ3n) is 5.40. The van der Waals surface area contributed by atoms with Crippen molar-refractivity contribution in [1.82, 2.24) is 9.88 Å². The topological polar surface area (TPSA) is 78.0 Å². The van der Waals surface area contributed by atoms with Gasteiger partial charge in [0.1, 0.15) is 5.75 Å². The van der Waals surface area contributed by atoms with Crippen LogP contribution < -0.4 is 4.74 Å². The quantitative estimate of drug-likeness (QED) is 0.570. The number of nitrogens with zero attached hydrogens (tertiary/aromatic N) is 2. The van der Waals surface area contributed by atoms with Gasteiger partial charge in [0.15, 0.2) is 6.61 Å². The lowest BCUT2D eigenvalue weighted by Crippen LogP contribution is -2.49. The van der Waals surface area contributed by atoms with Crippen LogP contribution in [0, 0.1) is 0 Å². The number of morpholine rings is 1. The van der Waals surface area contributed by atoms with E-state index in [-0.39, 0.29) is 24.7 Å². The summed E-state index contributed by atoms with van der Waals surface area (Å²) in [6, 6.07) is 16.6. The molecule has 3 aromatic rings. The number of amides is 1. The van der Waals surface area contributed by atoms with Crippen molar-refractivity contribution in [2.24, 2.45) is 0 Å². The molecule has 0 bridgehead atoms. The molecule has 7 heteroatoms. The number of aromatic nitrogens is 1. The largest absolute Gasteiger partial charge is 0.497 e. The van der Waals surface area contributed by atoms with Gasteiger partial charge >= 0.3 is 5.97 Å². The highest BCUT2D eigenvalue weighted by atomic mass is 16.5. The SMILES string of the molecule is COc1ccc2nc(-c3ccccc3)cc(C(=O)OCC(=O)N3C[C@@H](C)O[C@@H](C)C3)c2c1. The molecule has 1 fully saturated rings. The molecule has 4 rings (SSSR count). The van der Waals surface area contributed by atoms with E-state index in [2.05, 4.69) is 0 Å². The van der Waals surface area contributed by atoms with Crippen molar-refractivity contribution in [3.8, 4) is 17.0 Å². The van der Waals surface area contributed by atoms with Gasteiger partial charge in [-0.25, -0.2) is 9.78 Å². The Kier molecular flexibility index (Phi) is 6.37. The van der Waals surface area contributed by atoms with E-state index in [1.54, 1.807) is 36.3 Å². The molecule has 7 nitrogen and oxygen atoms in total. The van der Waals surface area contributed by atoms with Crippen LogP contribution in [0.25, 0.3) is 22.2 Å². The molecule has 2 atom stereocenters. The Balaban J connectivity index is 1.61. The second-order valence-electron chi connectivity index (χ2n) is 7.94. The maximum Gasteiger partial charge on any atom is 0.339 e. The van der Waals surface area contributed by atoms with Crippen LogP contribution in [0.5, 0.6) is 5.75 Å². The lowest BCUT2D eigenvalue weighted by Gasteiger charge is -2.35. The standard InChI is InChI=1S/C25H26N2O5/c1-16-13-27(14-17(2)32-16)24(28)15-31-25(29)21-12-23(18-7-5-4-6-8-18)26-22-10-9-19(30-3)11-20(21)22/h4-12,16-17H,13-15H2,1-3H3/t16-,17+. The van der Waals surface area contributed by atoms with E-state index in [4.69, 9.17) is 19.2 Å². The van der Waals surface area contributed by atoms with Gasteiger partial charge in [0, 0.05) is 24.0 Å². The molecule has 1 aliphatic rings. The van der Waals surface area contributed by atoms with Crippen LogP contribution in [0.4, 0.5) is 0 Å². The minimum absolute atomic E-state index is 0.0524. The number of carbonyl (C=O) groups is 2. The van der Waals surface area contributed by atoms with Crippen LogP contribution in [0.15, 0.2) is 54.6 Å². The minimum Gasteiger partial charge on any atom is -0.497 e. The summed E-state index contributed by atoms with van der Waals surface area (Å²) in [7, 11) is 1.56. The highest BCUT2D eigenvalue weighted by Crippen LogP contribution is 2.28. The van der Waals surface area contributed by atoms with Gasteiger partial charge in [-0.2, -0.15) is 0 Å². The molecule has 0 aliphatic carbocycles. The molecule has 166 valence electrons. The number of pyridine rings is 1. The second-order valence-corrected chi connectivity index (χ2v) is 7.94. The van der Waals surface area contributed by atoms with Crippen molar-refractivity contribution in [3.63, 3.8) is 0 Å². The summed E-state index contributed by atoms with van der Waals surface area (Å²) in [5.41, 5.74) is 2.51. The van der Waals surface area contributed by atoms with Crippen molar-refractivity contribution in [1.29, 1.82) is 0 Å². The van der Waals surface area contributed by atoms with Gasteiger partial charge in [-0.3, -0.25) is 4.79 Å². The van der Waals surface area contributed by atoms with E-state index in [1.165, 1.54) is 0 Å². The highest BCUT2D eigenvalue weighted by Gasteiger charge is 2.27. The zero-order valence-electron chi connectivity index (χ0n) is 18.4. The summed E-state index contributed by atoms with van der Waals surface area (Å²) in [5, 5.41) is 0.607. The molecule has 32 heavy (non-hydrogen) atoms. The van der Waals surface area contributed by atoms with E-state index < -0.39 is 5.97 Å². The zero-order valence-corrected chi connectivity index (χ0v) is 18.4. The Labute approximate surface area is 186 Å². The first kappa shape index (κ1) is 21.8. The maximum absolute atomic E-state index is 13.1. The van der Waals surface area contributed by atoms with Gasteiger partial charge in [0.25, 0.3) is 5.91 Å². The highest BCUT2D eigenvalue weighted by molar-refractivity contribution is 6.05. The van der Waals surface area contributed by atoms with Gasteiger partial charge < -0.3 is 19.1 Å². The molecular weight excluding hydrogens is 408 g/mol. The molecule has 1 aromatic heterocycles. The van der Waals surface area contributed by atoms with Crippen molar-refractivity contribution < 1.29 is 23.8 Å². The average molecular weight is 434 g/mol. The number of rotatable bonds is 5. The monoisotopic (exact) mass is 434 g/mol. The van der Waals surface area contributed by atoms with E-state index in [1.807, 2.05) is 44.2 Å². The first-order valence-corrected chi connectivity index (χ1v) is 10.6. The second kappa shape index (κ2) is 9.36. The van der Waals surface area contributed by atoms with Crippen LogP contribution >= 0.6 is 0 Å². The third kappa shape index (κ3) is 4.73. The van der Waals surface area contributed by atoms with E-state index in [0.717, 1.165) is 5.56 Å². The van der Waals surface area contributed by atoms with Crippen molar-refractivity contribution in [2.75, 3.05) is 26.8 Å². The molecule has 0 spiro atoms. The Bertz CT molecular complexity index is 1120. The normalized spacial score (nSPS) is 18.4. The third-order valence-corrected chi connectivity index (χ3v) is 5.40. The molecule has 2 aromatic carbocycles. The van der Waals surface area contributed by atoms with Crippen molar-refractivity contribution in [3.05, 3.63) is 60.2 Å². The molecule has 1 saturated heterocycles. The fourth-order valence-corrected chi connectivity index (χ4v) is 3.94. The van der Waals surface area contributed by atoms with Crippen molar-refractivity contribution in [2.45, 2.75) is 26.1 Å². The number of fused-ring (bicyclic) bond motifs is 1. The molecule has 0 unspecified atom stereocenters. The number of methoxy groups -OCH3 is 1.